The average molecular weight is 356 g/mol. The summed E-state index contributed by atoms with van der Waals surface area (Å²) in [5.74, 6) is 2.76. The number of imidazole rings is 1. The van der Waals surface area contributed by atoms with Crippen molar-refractivity contribution >= 4 is 28.0 Å². The molecule has 0 aliphatic heterocycles. The molecule has 4 heterocycles. The van der Waals surface area contributed by atoms with E-state index in [9.17, 15) is 0 Å². The molecule has 27 heavy (non-hydrogen) atoms. The Morgan fingerprint density at radius 2 is 1.78 bits per heavy atom. The van der Waals surface area contributed by atoms with Crippen molar-refractivity contribution in [1.29, 1.82) is 0 Å². The van der Waals surface area contributed by atoms with Gasteiger partial charge in [-0.3, -0.25) is 0 Å². The van der Waals surface area contributed by atoms with Gasteiger partial charge in [0.05, 0.1) is 0 Å². The Morgan fingerprint density at radius 1 is 0.926 bits per heavy atom. The molecule has 0 unspecified atom stereocenters. The van der Waals surface area contributed by atoms with Crippen LogP contribution in [0.2, 0.25) is 0 Å². The van der Waals surface area contributed by atoms with E-state index in [4.69, 9.17) is 4.98 Å². The SMILES string of the molecule is c1cnc2nc(NC3CC(n4c(C5CC5)nc5cccnc54)C3)ccc2c1. The highest BCUT2D eigenvalue weighted by molar-refractivity contribution is 5.76. The zero-order valence-electron chi connectivity index (χ0n) is 14.9. The van der Waals surface area contributed by atoms with E-state index < -0.39 is 0 Å². The third kappa shape index (κ3) is 2.55. The van der Waals surface area contributed by atoms with Crippen molar-refractivity contribution in [2.24, 2.45) is 0 Å². The maximum Gasteiger partial charge on any atom is 0.161 e. The topological polar surface area (TPSA) is 68.5 Å². The normalized spacial score (nSPS) is 22.1. The molecule has 0 atom stereocenters. The van der Waals surface area contributed by atoms with E-state index in [0.29, 0.717) is 18.0 Å². The van der Waals surface area contributed by atoms with Crippen molar-refractivity contribution in [3.63, 3.8) is 0 Å². The Balaban J connectivity index is 1.23. The molecule has 6 heteroatoms. The minimum absolute atomic E-state index is 0.428. The Hall–Kier alpha value is -3.02. The molecule has 134 valence electrons. The van der Waals surface area contributed by atoms with E-state index in [2.05, 4.69) is 37.0 Å². The summed E-state index contributed by atoms with van der Waals surface area (Å²) in [6, 6.07) is 13.0. The van der Waals surface area contributed by atoms with Gasteiger partial charge in [0.15, 0.2) is 11.3 Å². The highest BCUT2D eigenvalue weighted by Crippen LogP contribution is 2.45. The first kappa shape index (κ1) is 15.1. The molecule has 0 bridgehead atoms. The summed E-state index contributed by atoms with van der Waals surface area (Å²) < 4.78 is 2.40. The van der Waals surface area contributed by atoms with Gasteiger partial charge in [-0.25, -0.2) is 19.9 Å². The predicted octanol–water partition coefficient (Wildman–Crippen LogP) is 4.07. The fourth-order valence-electron chi connectivity index (χ4n) is 4.10. The molecule has 6 nitrogen and oxygen atoms in total. The molecule has 2 aliphatic rings. The lowest BCUT2D eigenvalue weighted by molar-refractivity contribution is 0.281. The number of pyridine rings is 3. The lowest BCUT2D eigenvalue weighted by Gasteiger charge is -2.38. The van der Waals surface area contributed by atoms with Crippen LogP contribution in [0.5, 0.6) is 0 Å². The van der Waals surface area contributed by atoms with E-state index >= 15 is 0 Å². The number of aromatic nitrogens is 5. The maximum atomic E-state index is 4.88. The zero-order valence-corrected chi connectivity index (χ0v) is 14.9. The van der Waals surface area contributed by atoms with E-state index in [1.54, 1.807) is 6.20 Å². The van der Waals surface area contributed by atoms with Gasteiger partial charge < -0.3 is 9.88 Å². The van der Waals surface area contributed by atoms with Crippen LogP contribution in [-0.2, 0) is 0 Å². The largest absolute Gasteiger partial charge is 0.367 e. The van der Waals surface area contributed by atoms with Gasteiger partial charge in [0.2, 0.25) is 0 Å². The number of hydrogen-bond donors (Lipinski definition) is 1. The molecule has 4 aromatic rings. The number of nitrogens with one attached hydrogen (secondary N) is 1. The summed E-state index contributed by atoms with van der Waals surface area (Å²) in [4.78, 5) is 18.5. The fraction of sp³-hybridized carbons (Fsp3) is 0.333. The molecule has 0 aromatic carbocycles. The Bertz CT molecular complexity index is 1140. The highest BCUT2D eigenvalue weighted by atomic mass is 15.2. The van der Waals surface area contributed by atoms with Gasteiger partial charge in [-0.05, 0) is 62.1 Å². The third-order valence-corrected chi connectivity index (χ3v) is 5.71. The predicted molar refractivity (Wildman–Crippen MR) is 105 cm³/mol. The summed E-state index contributed by atoms with van der Waals surface area (Å²) in [5.41, 5.74) is 2.85. The van der Waals surface area contributed by atoms with Gasteiger partial charge in [-0.2, -0.15) is 0 Å². The van der Waals surface area contributed by atoms with E-state index in [1.165, 1.54) is 18.7 Å². The number of hydrogen-bond acceptors (Lipinski definition) is 5. The summed E-state index contributed by atoms with van der Waals surface area (Å²) >= 11 is 0. The smallest absolute Gasteiger partial charge is 0.161 e. The molecular formula is C21H20N6. The van der Waals surface area contributed by atoms with Crippen LogP contribution >= 0.6 is 0 Å². The van der Waals surface area contributed by atoms with Gasteiger partial charge in [0.1, 0.15) is 17.2 Å². The van der Waals surface area contributed by atoms with Crippen LogP contribution in [0.25, 0.3) is 22.2 Å². The highest BCUT2D eigenvalue weighted by Gasteiger charge is 2.37. The van der Waals surface area contributed by atoms with Crippen molar-refractivity contribution in [3.8, 4) is 0 Å². The lowest BCUT2D eigenvalue weighted by atomic mass is 9.86. The fourth-order valence-corrected chi connectivity index (χ4v) is 4.10. The van der Waals surface area contributed by atoms with Crippen LogP contribution in [-0.4, -0.2) is 30.5 Å². The summed E-state index contributed by atoms with van der Waals surface area (Å²) in [7, 11) is 0. The minimum atomic E-state index is 0.428. The van der Waals surface area contributed by atoms with Gasteiger partial charge in [-0.1, -0.05) is 0 Å². The van der Waals surface area contributed by atoms with Gasteiger partial charge in [0.25, 0.3) is 0 Å². The van der Waals surface area contributed by atoms with E-state index in [1.807, 2.05) is 30.5 Å². The van der Waals surface area contributed by atoms with Crippen molar-refractivity contribution < 1.29 is 0 Å². The number of anilines is 1. The summed E-state index contributed by atoms with van der Waals surface area (Å²) in [6.07, 6.45) is 8.32. The zero-order chi connectivity index (χ0) is 17.8. The first-order valence-corrected chi connectivity index (χ1v) is 9.66. The van der Waals surface area contributed by atoms with Crippen LogP contribution in [0.1, 0.15) is 43.5 Å². The van der Waals surface area contributed by atoms with E-state index in [-0.39, 0.29) is 0 Å². The molecule has 0 amide bonds. The molecule has 6 rings (SSSR count). The second-order valence-corrected chi connectivity index (χ2v) is 7.67. The molecule has 0 saturated heterocycles. The summed E-state index contributed by atoms with van der Waals surface area (Å²) in [6.45, 7) is 0. The van der Waals surface area contributed by atoms with E-state index in [0.717, 1.165) is 40.9 Å². The number of nitrogens with zero attached hydrogens (tertiary/aromatic N) is 5. The van der Waals surface area contributed by atoms with Crippen LogP contribution < -0.4 is 5.32 Å². The molecule has 0 spiro atoms. The molecular weight excluding hydrogens is 336 g/mol. The minimum Gasteiger partial charge on any atom is -0.367 e. The van der Waals surface area contributed by atoms with Crippen LogP contribution in [0.4, 0.5) is 5.82 Å². The lowest BCUT2D eigenvalue weighted by Crippen LogP contribution is -2.37. The number of fused-ring (bicyclic) bond motifs is 2. The van der Waals surface area contributed by atoms with Crippen molar-refractivity contribution in [3.05, 3.63) is 54.6 Å². The quantitative estimate of drug-likeness (QED) is 0.597. The first-order chi connectivity index (χ1) is 13.3. The van der Waals surface area contributed by atoms with Gasteiger partial charge in [-0.15, -0.1) is 0 Å². The Labute approximate surface area is 156 Å². The standard InChI is InChI=1S/C21H20N6/c1-3-13-7-8-18(26-19(13)22-9-1)24-15-11-16(12-15)27-20(14-5-6-14)25-17-4-2-10-23-21(17)27/h1-4,7-10,14-16H,5-6,11-12H2,(H,22,24,26). The molecule has 2 fully saturated rings. The van der Waals surface area contributed by atoms with Crippen molar-refractivity contribution in [2.75, 3.05) is 5.32 Å². The monoisotopic (exact) mass is 356 g/mol. The van der Waals surface area contributed by atoms with Crippen LogP contribution in [0.15, 0.2) is 48.8 Å². The molecule has 1 N–H and O–H groups in total. The van der Waals surface area contributed by atoms with Crippen molar-refractivity contribution in [1.82, 2.24) is 24.5 Å². The van der Waals surface area contributed by atoms with Crippen molar-refractivity contribution in [2.45, 2.75) is 43.7 Å². The molecule has 0 radical (unpaired) electrons. The number of rotatable bonds is 4. The second kappa shape index (κ2) is 5.74. The average Bonchev–Trinajstić information content (AvgIpc) is 3.45. The van der Waals surface area contributed by atoms with Gasteiger partial charge >= 0.3 is 0 Å². The Morgan fingerprint density at radius 3 is 2.67 bits per heavy atom. The van der Waals surface area contributed by atoms with Gasteiger partial charge in [0, 0.05) is 35.8 Å². The molecule has 2 aliphatic carbocycles. The Kier molecular flexibility index (Phi) is 3.21. The maximum absolute atomic E-state index is 4.88. The third-order valence-electron chi connectivity index (χ3n) is 5.71. The first-order valence-electron chi connectivity index (χ1n) is 9.66. The summed E-state index contributed by atoms with van der Waals surface area (Å²) in [5, 5.41) is 4.64. The van der Waals surface area contributed by atoms with Crippen LogP contribution in [0, 0.1) is 0 Å². The molecule has 2 saturated carbocycles. The van der Waals surface area contributed by atoms with Crippen LogP contribution in [0.3, 0.4) is 0 Å². The molecule has 4 aromatic heterocycles. The second-order valence-electron chi connectivity index (χ2n) is 7.67.